The molecule has 3 atom stereocenters. The van der Waals surface area contributed by atoms with E-state index >= 15 is 0 Å². The van der Waals surface area contributed by atoms with Crippen molar-refractivity contribution in [1.29, 1.82) is 0 Å². The molecule has 3 rings (SSSR count). The Morgan fingerprint density at radius 1 is 1.06 bits per heavy atom. The number of ketones is 1. The molecule has 3 aliphatic rings. The monoisotopic (exact) mass is 256 g/mol. The van der Waals surface area contributed by atoms with E-state index in [0.717, 1.165) is 11.8 Å². The van der Waals surface area contributed by atoms with Crippen LogP contribution in [0.2, 0.25) is 0 Å². The summed E-state index contributed by atoms with van der Waals surface area (Å²) < 4.78 is 26.1. The first kappa shape index (κ1) is 12.6. The molecular formula is C15H22F2O. The molecule has 0 aliphatic heterocycles. The highest BCUT2D eigenvalue weighted by Crippen LogP contribution is 2.50. The first-order valence-corrected chi connectivity index (χ1v) is 7.44. The predicted octanol–water partition coefficient (Wildman–Crippen LogP) is 4.21. The molecule has 0 amide bonds. The van der Waals surface area contributed by atoms with Crippen LogP contribution < -0.4 is 0 Å². The SMILES string of the molecule is O=C(CC1CC2CCC1C2)C1CCC(F)(F)CC1. The molecule has 102 valence electrons. The van der Waals surface area contributed by atoms with E-state index in [4.69, 9.17) is 0 Å². The lowest BCUT2D eigenvalue weighted by Crippen LogP contribution is -2.30. The molecule has 0 aromatic carbocycles. The lowest BCUT2D eigenvalue weighted by molar-refractivity contribution is -0.128. The first-order chi connectivity index (χ1) is 8.53. The summed E-state index contributed by atoms with van der Waals surface area (Å²) in [7, 11) is 0. The fourth-order valence-corrected chi connectivity index (χ4v) is 4.41. The van der Waals surface area contributed by atoms with Gasteiger partial charge in [-0.25, -0.2) is 8.78 Å². The summed E-state index contributed by atoms with van der Waals surface area (Å²) in [6.07, 6.45) is 6.52. The van der Waals surface area contributed by atoms with E-state index in [1.54, 1.807) is 0 Å². The Balaban J connectivity index is 1.50. The number of hydrogen-bond donors (Lipinski definition) is 0. The van der Waals surface area contributed by atoms with Crippen molar-refractivity contribution in [3.05, 3.63) is 0 Å². The maximum atomic E-state index is 13.1. The number of fused-ring (bicyclic) bond motifs is 2. The van der Waals surface area contributed by atoms with Crippen LogP contribution in [0.15, 0.2) is 0 Å². The van der Waals surface area contributed by atoms with Crippen LogP contribution in [-0.2, 0) is 4.79 Å². The maximum absolute atomic E-state index is 13.1. The van der Waals surface area contributed by atoms with Crippen molar-refractivity contribution in [3.63, 3.8) is 0 Å². The minimum absolute atomic E-state index is 0.0660. The summed E-state index contributed by atoms with van der Waals surface area (Å²) in [4.78, 5) is 12.2. The van der Waals surface area contributed by atoms with Crippen LogP contribution in [0, 0.1) is 23.7 Å². The molecule has 2 bridgehead atoms. The molecule has 3 aliphatic carbocycles. The van der Waals surface area contributed by atoms with E-state index in [1.165, 1.54) is 25.7 Å². The van der Waals surface area contributed by atoms with Gasteiger partial charge < -0.3 is 0 Å². The van der Waals surface area contributed by atoms with E-state index in [2.05, 4.69) is 0 Å². The van der Waals surface area contributed by atoms with E-state index < -0.39 is 5.92 Å². The van der Waals surface area contributed by atoms with E-state index in [1.807, 2.05) is 0 Å². The van der Waals surface area contributed by atoms with Crippen molar-refractivity contribution in [2.24, 2.45) is 23.7 Å². The Kier molecular flexibility index (Phi) is 3.19. The van der Waals surface area contributed by atoms with Crippen LogP contribution in [0.1, 0.15) is 57.8 Å². The molecule has 0 saturated heterocycles. The molecular weight excluding hydrogens is 234 g/mol. The average Bonchev–Trinajstić information content (AvgIpc) is 2.90. The van der Waals surface area contributed by atoms with Gasteiger partial charge in [-0.2, -0.15) is 0 Å². The second kappa shape index (κ2) is 4.57. The molecule has 3 unspecified atom stereocenters. The molecule has 3 fully saturated rings. The zero-order valence-electron chi connectivity index (χ0n) is 10.8. The van der Waals surface area contributed by atoms with Crippen molar-refractivity contribution in [3.8, 4) is 0 Å². The molecule has 0 aromatic heterocycles. The van der Waals surface area contributed by atoms with Crippen molar-refractivity contribution in [1.82, 2.24) is 0 Å². The van der Waals surface area contributed by atoms with Crippen molar-refractivity contribution < 1.29 is 13.6 Å². The van der Waals surface area contributed by atoms with Crippen molar-refractivity contribution >= 4 is 5.78 Å². The van der Waals surface area contributed by atoms with Gasteiger partial charge in [0.25, 0.3) is 0 Å². The summed E-state index contributed by atoms with van der Waals surface area (Å²) in [5.74, 6) is -0.0820. The summed E-state index contributed by atoms with van der Waals surface area (Å²) >= 11 is 0. The van der Waals surface area contributed by atoms with Crippen molar-refractivity contribution in [2.45, 2.75) is 63.7 Å². The van der Waals surface area contributed by atoms with Crippen molar-refractivity contribution in [2.75, 3.05) is 0 Å². The fourth-order valence-electron chi connectivity index (χ4n) is 4.41. The van der Waals surface area contributed by atoms with Gasteiger partial charge in [0.05, 0.1) is 0 Å². The average molecular weight is 256 g/mol. The van der Waals surface area contributed by atoms with Gasteiger partial charge in [0.1, 0.15) is 5.78 Å². The standard InChI is InChI=1S/C15H22F2O/c16-15(17)5-3-11(4-6-15)14(18)9-13-8-10-1-2-12(13)7-10/h10-13H,1-9H2. The zero-order chi connectivity index (χ0) is 12.8. The third-order valence-electron chi connectivity index (χ3n) is 5.52. The normalized spacial score (nSPS) is 39.1. The Bertz CT molecular complexity index is 329. The Hall–Kier alpha value is -0.470. The highest BCUT2D eigenvalue weighted by atomic mass is 19.3. The Morgan fingerprint density at radius 3 is 2.33 bits per heavy atom. The van der Waals surface area contributed by atoms with Gasteiger partial charge in [-0.1, -0.05) is 6.42 Å². The molecule has 0 aromatic rings. The summed E-state index contributed by atoms with van der Waals surface area (Å²) in [5, 5.41) is 0. The third-order valence-corrected chi connectivity index (χ3v) is 5.52. The second-order valence-corrected chi connectivity index (χ2v) is 6.74. The van der Waals surface area contributed by atoms with Gasteiger partial charge in [-0.3, -0.25) is 4.79 Å². The largest absolute Gasteiger partial charge is 0.299 e. The molecule has 1 nitrogen and oxygen atoms in total. The maximum Gasteiger partial charge on any atom is 0.248 e. The lowest BCUT2D eigenvalue weighted by Gasteiger charge is -2.29. The quantitative estimate of drug-likeness (QED) is 0.739. The second-order valence-electron chi connectivity index (χ2n) is 6.74. The van der Waals surface area contributed by atoms with E-state index in [0.29, 0.717) is 25.2 Å². The zero-order valence-corrected chi connectivity index (χ0v) is 10.8. The number of rotatable bonds is 3. The summed E-state index contributed by atoms with van der Waals surface area (Å²) in [6.45, 7) is 0. The van der Waals surface area contributed by atoms with Crippen LogP contribution in [0.3, 0.4) is 0 Å². The summed E-state index contributed by atoms with van der Waals surface area (Å²) in [5.41, 5.74) is 0. The molecule has 3 heteroatoms. The van der Waals surface area contributed by atoms with Gasteiger partial charge in [0, 0.05) is 25.2 Å². The summed E-state index contributed by atoms with van der Waals surface area (Å²) in [6, 6.07) is 0. The molecule has 0 spiro atoms. The first-order valence-electron chi connectivity index (χ1n) is 7.44. The molecule has 0 radical (unpaired) electrons. The molecule has 0 N–H and O–H groups in total. The molecule has 18 heavy (non-hydrogen) atoms. The number of hydrogen-bond acceptors (Lipinski definition) is 1. The molecule has 0 heterocycles. The van der Waals surface area contributed by atoms with Gasteiger partial charge >= 0.3 is 0 Å². The topological polar surface area (TPSA) is 17.1 Å². The van der Waals surface area contributed by atoms with Gasteiger partial charge in [0.15, 0.2) is 0 Å². The lowest BCUT2D eigenvalue weighted by atomic mass is 9.78. The highest BCUT2D eigenvalue weighted by Gasteiger charge is 2.42. The Labute approximate surface area is 107 Å². The number of alkyl halides is 2. The van der Waals surface area contributed by atoms with Crippen LogP contribution in [0.4, 0.5) is 8.78 Å². The fraction of sp³-hybridized carbons (Fsp3) is 0.933. The minimum Gasteiger partial charge on any atom is -0.299 e. The smallest absolute Gasteiger partial charge is 0.248 e. The van der Waals surface area contributed by atoms with E-state index in [-0.39, 0.29) is 24.5 Å². The van der Waals surface area contributed by atoms with Crippen LogP contribution in [0.25, 0.3) is 0 Å². The van der Waals surface area contributed by atoms with Crippen LogP contribution in [0.5, 0.6) is 0 Å². The van der Waals surface area contributed by atoms with Gasteiger partial charge in [-0.15, -0.1) is 0 Å². The number of carbonyl (C=O) groups is 1. The minimum atomic E-state index is -2.51. The van der Waals surface area contributed by atoms with Gasteiger partial charge in [-0.05, 0) is 49.9 Å². The highest BCUT2D eigenvalue weighted by molar-refractivity contribution is 5.81. The third kappa shape index (κ3) is 2.46. The number of Topliss-reactive ketones (excluding diaryl/α,β-unsaturated/α-hetero) is 1. The van der Waals surface area contributed by atoms with Gasteiger partial charge in [0.2, 0.25) is 5.92 Å². The van der Waals surface area contributed by atoms with Crippen LogP contribution >= 0.6 is 0 Å². The number of halogens is 2. The van der Waals surface area contributed by atoms with Crippen LogP contribution in [-0.4, -0.2) is 11.7 Å². The predicted molar refractivity (Wildman–Crippen MR) is 65.5 cm³/mol. The number of carbonyl (C=O) groups excluding carboxylic acids is 1. The Morgan fingerprint density at radius 2 is 1.78 bits per heavy atom. The molecule has 3 saturated carbocycles. The van der Waals surface area contributed by atoms with E-state index in [9.17, 15) is 13.6 Å².